The van der Waals surface area contributed by atoms with Gasteiger partial charge in [0.25, 0.3) is 0 Å². The van der Waals surface area contributed by atoms with E-state index < -0.39 is 0 Å². The highest BCUT2D eigenvalue weighted by molar-refractivity contribution is 6.35. The smallest absolute Gasteiger partial charge is 0.0499 e. The quantitative estimate of drug-likeness (QED) is 0.792. The van der Waals surface area contributed by atoms with Crippen LogP contribution in [0.5, 0.6) is 0 Å². The predicted octanol–water partition coefficient (Wildman–Crippen LogP) is 3.46. The third-order valence-electron chi connectivity index (χ3n) is 2.82. The van der Waals surface area contributed by atoms with Gasteiger partial charge in [-0.1, -0.05) is 17.7 Å². The fraction of sp³-hybridized carbons (Fsp3) is 0.385. The van der Waals surface area contributed by atoms with Crippen LogP contribution in [0.25, 0.3) is 10.9 Å². The number of hydrogen-bond acceptors (Lipinski definition) is 1. The maximum atomic E-state index is 8.71. The van der Waals surface area contributed by atoms with Gasteiger partial charge in [0.2, 0.25) is 0 Å². The van der Waals surface area contributed by atoms with E-state index in [4.69, 9.17) is 16.7 Å². The van der Waals surface area contributed by atoms with Gasteiger partial charge in [-0.2, -0.15) is 0 Å². The average Bonchev–Trinajstić information content (AvgIpc) is 2.70. The van der Waals surface area contributed by atoms with Crippen LogP contribution in [0.15, 0.2) is 30.5 Å². The van der Waals surface area contributed by atoms with Crippen molar-refractivity contribution in [3.05, 3.63) is 35.5 Å². The topological polar surface area (TPSA) is 25.2 Å². The molecule has 0 saturated heterocycles. The minimum atomic E-state index is 0.290. The number of aliphatic hydroxyl groups is 1. The second-order valence-corrected chi connectivity index (χ2v) is 4.37. The number of aromatic nitrogens is 1. The van der Waals surface area contributed by atoms with Gasteiger partial charge in [0.05, 0.1) is 0 Å². The van der Waals surface area contributed by atoms with Crippen LogP contribution in [0.1, 0.15) is 19.3 Å². The molecule has 0 bridgehead atoms. The standard InChI is InChI=1S/C13H16ClNO/c14-12-5-4-6-13-11(12)7-9-15(13)8-2-1-3-10-16/h4-7,9,16H,1-3,8,10H2. The normalized spacial score (nSPS) is 11.1. The predicted molar refractivity (Wildman–Crippen MR) is 67.9 cm³/mol. The summed E-state index contributed by atoms with van der Waals surface area (Å²) in [5.41, 5.74) is 1.19. The Labute approximate surface area is 100 Å². The molecule has 0 aliphatic carbocycles. The maximum Gasteiger partial charge on any atom is 0.0499 e. The summed E-state index contributed by atoms with van der Waals surface area (Å²) in [6, 6.07) is 8.05. The fourth-order valence-corrected chi connectivity index (χ4v) is 2.18. The molecular weight excluding hydrogens is 222 g/mol. The van der Waals surface area contributed by atoms with Gasteiger partial charge in [0, 0.05) is 35.3 Å². The van der Waals surface area contributed by atoms with E-state index in [9.17, 15) is 0 Å². The number of halogens is 1. The Morgan fingerprint density at radius 3 is 2.81 bits per heavy atom. The van der Waals surface area contributed by atoms with E-state index in [1.165, 1.54) is 5.52 Å². The van der Waals surface area contributed by atoms with Crippen LogP contribution in [-0.4, -0.2) is 16.3 Å². The molecule has 2 nitrogen and oxygen atoms in total. The number of benzene rings is 1. The molecule has 0 atom stereocenters. The molecule has 0 spiro atoms. The number of nitrogens with zero attached hydrogens (tertiary/aromatic N) is 1. The van der Waals surface area contributed by atoms with Gasteiger partial charge in [0.15, 0.2) is 0 Å². The van der Waals surface area contributed by atoms with E-state index in [0.29, 0.717) is 0 Å². The second kappa shape index (κ2) is 5.37. The number of rotatable bonds is 5. The Hall–Kier alpha value is -0.990. The van der Waals surface area contributed by atoms with Gasteiger partial charge in [-0.05, 0) is 37.5 Å². The lowest BCUT2D eigenvalue weighted by molar-refractivity contribution is 0.282. The van der Waals surface area contributed by atoms with Gasteiger partial charge < -0.3 is 9.67 Å². The summed E-state index contributed by atoms with van der Waals surface area (Å²) < 4.78 is 2.22. The summed E-state index contributed by atoms with van der Waals surface area (Å²) in [5.74, 6) is 0. The minimum Gasteiger partial charge on any atom is -0.396 e. The second-order valence-electron chi connectivity index (χ2n) is 3.97. The highest BCUT2D eigenvalue weighted by Crippen LogP contribution is 2.24. The molecule has 1 heterocycles. The molecule has 0 aliphatic rings. The first-order valence-electron chi connectivity index (χ1n) is 5.67. The van der Waals surface area contributed by atoms with E-state index in [1.54, 1.807) is 0 Å². The van der Waals surface area contributed by atoms with Gasteiger partial charge in [0.1, 0.15) is 0 Å². The molecule has 16 heavy (non-hydrogen) atoms. The Morgan fingerprint density at radius 2 is 2.00 bits per heavy atom. The SMILES string of the molecule is OCCCCCn1ccc2c(Cl)cccc21. The van der Waals surface area contributed by atoms with E-state index >= 15 is 0 Å². The van der Waals surface area contributed by atoms with Crippen LogP contribution in [0.3, 0.4) is 0 Å². The van der Waals surface area contributed by atoms with Crippen LogP contribution in [0.2, 0.25) is 5.02 Å². The lowest BCUT2D eigenvalue weighted by Crippen LogP contribution is -1.96. The first-order valence-corrected chi connectivity index (χ1v) is 6.05. The molecule has 1 aromatic carbocycles. The van der Waals surface area contributed by atoms with E-state index in [2.05, 4.69) is 22.9 Å². The van der Waals surface area contributed by atoms with Crippen LogP contribution in [-0.2, 0) is 6.54 Å². The lowest BCUT2D eigenvalue weighted by atomic mass is 10.2. The molecule has 3 heteroatoms. The van der Waals surface area contributed by atoms with Crippen molar-refractivity contribution in [3.63, 3.8) is 0 Å². The number of aryl methyl sites for hydroxylation is 1. The molecule has 0 amide bonds. The van der Waals surface area contributed by atoms with Crippen molar-refractivity contribution < 1.29 is 5.11 Å². The summed E-state index contributed by atoms with van der Waals surface area (Å²) in [6.07, 6.45) is 5.13. The van der Waals surface area contributed by atoms with Crippen molar-refractivity contribution in [3.8, 4) is 0 Å². The van der Waals surface area contributed by atoms with Crippen LogP contribution in [0, 0.1) is 0 Å². The third-order valence-corrected chi connectivity index (χ3v) is 3.15. The monoisotopic (exact) mass is 237 g/mol. The Morgan fingerprint density at radius 1 is 1.12 bits per heavy atom. The van der Waals surface area contributed by atoms with Gasteiger partial charge >= 0.3 is 0 Å². The van der Waals surface area contributed by atoms with Crippen LogP contribution < -0.4 is 0 Å². The molecule has 0 saturated carbocycles. The molecular formula is C13H16ClNO. The van der Waals surface area contributed by atoms with E-state index in [1.807, 2.05) is 12.1 Å². The minimum absolute atomic E-state index is 0.290. The molecule has 86 valence electrons. The Balaban J connectivity index is 2.10. The van der Waals surface area contributed by atoms with E-state index in [0.717, 1.165) is 36.2 Å². The number of fused-ring (bicyclic) bond motifs is 1. The molecule has 2 rings (SSSR count). The molecule has 0 aliphatic heterocycles. The van der Waals surface area contributed by atoms with Crippen LogP contribution in [0.4, 0.5) is 0 Å². The molecule has 1 aromatic heterocycles. The largest absolute Gasteiger partial charge is 0.396 e. The summed E-state index contributed by atoms with van der Waals surface area (Å²) >= 11 is 6.11. The first kappa shape index (κ1) is 11.5. The third kappa shape index (κ3) is 2.39. The van der Waals surface area contributed by atoms with Crippen LogP contribution >= 0.6 is 11.6 Å². The summed E-state index contributed by atoms with van der Waals surface area (Å²) in [6.45, 7) is 1.28. The zero-order valence-electron chi connectivity index (χ0n) is 9.19. The van der Waals surface area contributed by atoms with Gasteiger partial charge in [-0.25, -0.2) is 0 Å². The number of unbranched alkanes of at least 4 members (excludes halogenated alkanes) is 2. The summed E-state index contributed by atoms with van der Waals surface area (Å²) in [5, 5.41) is 10.6. The molecule has 0 fully saturated rings. The zero-order valence-corrected chi connectivity index (χ0v) is 9.95. The van der Waals surface area contributed by atoms with Crippen molar-refractivity contribution in [1.82, 2.24) is 4.57 Å². The molecule has 1 N–H and O–H groups in total. The summed E-state index contributed by atoms with van der Waals surface area (Å²) in [7, 11) is 0. The van der Waals surface area contributed by atoms with Crippen molar-refractivity contribution in [2.75, 3.05) is 6.61 Å². The fourth-order valence-electron chi connectivity index (χ4n) is 1.95. The zero-order chi connectivity index (χ0) is 11.4. The van der Waals surface area contributed by atoms with E-state index in [-0.39, 0.29) is 6.61 Å². The van der Waals surface area contributed by atoms with Crippen molar-refractivity contribution in [1.29, 1.82) is 0 Å². The van der Waals surface area contributed by atoms with Crippen molar-refractivity contribution in [2.24, 2.45) is 0 Å². The summed E-state index contributed by atoms with van der Waals surface area (Å²) in [4.78, 5) is 0. The average molecular weight is 238 g/mol. The molecule has 0 unspecified atom stereocenters. The Kier molecular flexibility index (Phi) is 3.86. The first-order chi connectivity index (χ1) is 7.83. The highest BCUT2D eigenvalue weighted by atomic mass is 35.5. The molecule has 2 aromatic rings. The molecule has 0 radical (unpaired) electrons. The maximum absolute atomic E-state index is 8.71. The van der Waals surface area contributed by atoms with Crippen molar-refractivity contribution in [2.45, 2.75) is 25.8 Å². The highest BCUT2D eigenvalue weighted by Gasteiger charge is 2.03. The van der Waals surface area contributed by atoms with Gasteiger partial charge in [-0.15, -0.1) is 0 Å². The number of hydrogen-bond donors (Lipinski definition) is 1. The lowest BCUT2D eigenvalue weighted by Gasteiger charge is -2.05. The van der Waals surface area contributed by atoms with Gasteiger partial charge in [-0.3, -0.25) is 0 Å². The Bertz CT molecular complexity index is 464. The number of aliphatic hydroxyl groups excluding tert-OH is 1. The van der Waals surface area contributed by atoms with Crippen molar-refractivity contribution >= 4 is 22.5 Å².